The molecule has 14 aromatic rings. The van der Waals surface area contributed by atoms with Crippen molar-refractivity contribution in [3.8, 4) is 79.7 Å². The van der Waals surface area contributed by atoms with Gasteiger partial charge in [-0.15, -0.1) is 0 Å². The zero-order valence-electron chi connectivity index (χ0n) is 47.0. The Balaban J connectivity index is 0.989. The van der Waals surface area contributed by atoms with Crippen LogP contribution in [-0.2, 0) is 0 Å². The number of fused-ring (bicyclic) bond motifs is 4. The van der Waals surface area contributed by atoms with E-state index in [-0.39, 0.29) is 0 Å². The fraction of sp³-hybridized carbons (Fsp3) is 0. The van der Waals surface area contributed by atoms with Gasteiger partial charge in [0.15, 0.2) is 34.9 Å². The third-order valence-corrected chi connectivity index (χ3v) is 15.7. The molecule has 14 heteroatoms. The summed E-state index contributed by atoms with van der Waals surface area (Å²) in [5, 5.41) is 0. The van der Waals surface area contributed by atoms with Gasteiger partial charge in [-0.2, -0.15) is 0 Å². The number of benzene rings is 8. The van der Waals surface area contributed by atoms with Crippen LogP contribution in [0.2, 0.25) is 0 Å². The van der Waals surface area contributed by atoms with Gasteiger partial charge in [0.1, 0.15) is 11.4 Å². The minimum absolute atomic E-state index is 0.434. The lowest BCUT2D eigenvalue weighted by Gasteiger charge is -2.42. The minimum Gasteiger partial charge on any atom is -0.306 e. The van der Waals surface area contributed by atoms with Crippen molar-refractivity contribution in [1.29, 1.82) is 0 Å². The molecule has 0 radical (unpaired) electrons. The fourth-order valence-electron chi connectivity index (χ4n) is 11.8. The third kappa shape index (κ3) is 9.17. The zero-order chi connectivity index (χ0) is 58.3. The van der Waals surface area contributed by atoms with Gasteiger partial charge in [-0.25, -0.2) is 29.9 Å². The van der Waals surface area contributed by atoms with E-state index in [4.69, 9.17) is 39.9 Å². The second kappa shape index (κ2) is 22.0. The number of hydrogen-bond donors (Lipinski definition) is 0. The lowest BCUT2D eigenvalue weighted by molar-refractivity contribution is 1.05. The maximum Gasteiger partial charge on any atom is 0.182 e. The summed E-state index contributed by atoms with van der Waals surface area (Å²) in [5.41, 5.74) is 17.7. The Labute approximate surface area is 506 Å². The van der Waals surface area contributed by atoms with Crippen LogP contribution in [0.3, 0.4) is 0 Å². The molecule has 0 spiro atoms. The molecule has 0 unspecified atom stereocenters. The van der Waals surface area contributed by atoms with Crippen LogP contribution in [0.5, 0.6) is 0 Å². The maximum absolute atomic E-state index is 5.25. The van der Waals surface area contributed by atoms with E-state index >= 15 is 0 Å². The molecule has 0 saturated carbocycles. The summed E-state index contributed by atoms with van der Waals surface area (Å²) < 4.78 is 0. The lowest BCUT2D eigenvalue weighted by atomic mass is 9.93. The van der Waals surface area contributed by atoms with Crippen LogP contribution in [0.15, 0.2) is 292 Å². The normalized spacial score (nSPS) is 12.2. The Kier molecular flexibility index (Phi) is 12.8. The number of aromatic nitrogens is 10. The average Bonchev–Trinajstić information content (AvgIpc) is 0.839. The molecule has 2 aliphatic heterocycles. The van der Waals surface area contributed by atoms with E-state index in [0.717, 1.165) is 102 Å². The summed E-state index contributed by atoms with van der Waals surface area (Å²) in [6.45, 7) is 0. The van der Waals surface area contributed by atoms with Crippen molar-refractivity contribution < 1.29 is 0 Å². The zero-order valence-corrected chi connectivity index (χ0v) is 47.0. The number of hydrogen-bond acceptors (Lipinski definition) is 14. The predicted molar refractivity (Wildman–Crippen MR) is 348 cm³/mol. The average molecular weight is 1130 g/mol. The molecule has 0 fully saturated rings. The summed E-state index contributed by atoms with van der Waals surface area (Å²) in [7, 11) is 0. The van der Waals surface area contributed by atoms with E-state index in [1.807, 2.05) is 60.7 Å². The Morgan fingerprint density at radius 1 is 0.216 bits per heavy atom. The van der Waals surface area contributed by atoms with Crippen molar-refractivity contribution >= 4 is 68.2 Å². The third-order valence-electron chi connectivity index (χ3n) is 15.7. The van der Waals surface area contributed by atoms with Gasteiger partial charge in [-0.1, -0.05) is 121 Å². The summed E-state index contributed by atoms with van der Waals surface area (Å²) >= 11 is 0. The number of pyridine rings is 4. The van der Waals surface area contributed by atoms with Crippen molar-refractivity contribution in [1.82, 2.24) is 49.8 Å². The highest BCUT2D eigenvalue weighted by Gasteiger charge is 2.36. The van der Waals surface area contributed by atoms with Crippen molar-refractivity contribution in [2.24, 2.45) is 0 Å². The Hall–Kier alpha value is -12.4. The Morgan fingerprint density at radius 3 is 0.864 bits per heavy atom. The van der Waals surface area contributed by atoms with Crippen molar-refractivity contribution in [2.75, 3.05) is 19.6 Å². The summed E-state index contributed by atoms with van der Waals surface area (Å²) in [6.07, 6.45) is 10.5. The van der Waals surface area contributed by atoms with Gasteiger partial charge in [-0.3, -0.25) is 19.9 Å². The van der Waals surface area contributed by atoms with E-state index in [1.165, 1.54) is 0 Å². The molecule has 2 aliphatic rings. The molecule has 0 atom stereocenters. The van der Waals surface area contributed by atoms with Gasteiger partial charge in [0.25, 0.3) is 0 Å². The van der Waals surface area contributed by atoms with E-state index < -0.39 is 0 Å². The Morgan fingerprint density at radius 2 is 0.534 bits per heavy atom. The van der Waals surface area contributed by atoms with Crippen molar-refractivity contribution in [3.05, 3.63) is 292 Å². The molecule has 0 N–H and O–H groups in total. The monoisotopic (exact) mass is 1130 g/mol. The first-order chi connectivity index (χ1) is 43.7. The van der Waals surface area contributed by atoms with Crippen LogP contribution in [-0.4, -0.2) is 49.8 Å². The second-order valence-corrected chi connectivity index (χ2v) is 21.0. The van der Waals surface area contributed by atoms with Crippen LogP contribution < -0.4 is 19.6 Å². The quantitative estimate of drug-likeness (QED) is 0.121. The number of nitrogens with zero attached hydrogens (tertiary/aromatic N) is 14. The molecular formula is C74H48N14. The van der Waals surface area contributed by atoms with Crippen LogP contribution in [0.4, 0.5) is 68.2 Å². The predicted octanol–water partition coefficient (Wildman–Crippen LogP) is 17.8. The number of anilines is 12. The molecule has 414 valence electrons. The standard InChI is InChI=1S/C74H48N14/c1-3-23-53(24-4-1)85-59-29-7-11-33-63(59)87(64-34-12-8-30-60(64)85)67-45-49(69-79-71(51-21-19-41-75-47-51)83-73(81-69)57-27-15-17-43-77-57)37-39-55(67)56-40-38-50(70-80-72(52-22-20-42-76-48-52)84-74(82-70)58-28-16-18-44-78-58)46-68(56)88-65-35-13-9-31-61(65)86(54-25-5-2-6-26-54)62-32-10-14-36-66(62)88/h1-48H. The number of rotatable bonds is 11. The highest BCUT2D eigenvalue weighted by atomic mass is 15.3. The molecule has 16 rings (SSSR count). The van der Waals surface area contributed by atoms with E-state index in [0.29, 0.717) is 46.3 Å². The van der Waals surface area contributed by atoms with Crippen LogP contribution in [0, 0.1) is 0 Å². The van der Waals surface area contributed by atoms with Gasteiger partial charge in [0.2, 0.25) is 0 Å². The summed E-state index contributed by atoms with van der Waals surface area (Å²) in [5.74, 6) is 2.73. The minimum atomic E-state index is 0.434. The molecule has 0 bridgehead atoms. The summed E-state index contributed by atoms with van der Waals surface area (Å²) in [4.78, 5) is 58.8. The molecule has 6 aromatic heterocycles. The van der Waals surface area contributed by atoms with Gasteiger partial charge < -0.3 is 19.6 Å². The first kappa shape index (κ1) is 51.2. The molecule has 0 aliphatic carbocycles. The van der Waals surface area contributed by atoms with Gasteiger partial charge in [0, 0.05) is 81.9 Å². The van der Waals surface area contributed by atoms with Crippen molar-refractivity contribution in [2.45, 2.75) is 0 Å². The first-order valence-corrected chi connectivity index (χ1v) is 28.8. The van der Waals surface area contributed by atoms with Gasteiger partial charge in [-0.05, 0) is 133 Å². The van der Waals surface area contributed by atoms with Gasteiger partial charge in [0.05, 0.1) is 56.9 Å². The van der Waals surface area contributed by atoms with Crippen LogP contribution in [0.25, 0.3) is 79.7 Å². The molecule has 8 heterocycles. The fourth-order valence-corrected chi connectivity index (χ4v) is 11.8. The highest BCUT2D eigenvalue weighted by molar-refractivity contribution is 6.08. The topological polar surface area (TPSA) is 142 Å². The van der Waals surface area contributed by atoms with E-state index in [1.54, 1.807) is 37.2 Å². The molecule has 0 amide bonds. The molecule has 88 heavy (non-hydrogen) atoms. The Bertz CT molecular complexity index is 4370. The molecule has 14 nitrogen and oxygen atoms in total. The first-order valence-electron chi connectivity index (χ1n) is 28.8. The van der Waals surface area contributed by atoms with Crippen LogP contribution >= 0.6 is 0 Å². The number of para-hydroxylation sites is 10. The molecular weight excluding hydrogens is 1080 g/mol. The SMILES string of the molecule is c1ccc(N2c3ccccc3N(c3cc(-c4nc(-c5cccnc5)nc(-c5ccccn5)n4)ccc3-c3ccc(-c4nc(-c5cccnc5)nc(-c5ccccn5)n4)cc3N3c4ccccc4N(c4ccccc4)c4ccccc43)c3ccccc32)cc1. The smallest absolute Gasteiger partial charge is 0.182 e. The second-order valence-electron chi connectivity index (χ2n) is 21.0. The maximum atomic E-state index is 5.25. The summed E-state index contributed by atoms with van der Waals surface area (Å²) in [6, 6.07) is 87.6. The molecule has 8 aromatic carbocycles. The van der Waals surface area contributed by atoms with E-state index in [2.05, 4.69) is 224 Å². The van der Waals surface area contributed by atoms with Crippen molar-refractivity contribution in [3.63, 3.8) is 0 Å². The van der Waals surface area contributed by atoms with Crippen LogP contribution in [0.1, 0.15) is 0 Å². The lowest BCUT2D eigenvalue weighted by Crippen LogP contribution is -2.25. The molecule has 0 saturated heterocycles. The van der Waals surface area contributed by atoms with E-state index in [9.17, 15) is 0 Å². The van der Waals surface area contributed by atoms with Gasteiger partial charge >= 0.3 is 0 Å². The largest absolute Gasteiger partial charge is 0.306 e. The highest BCUT2D eigenvalue weighted by Crippen LogP contribution is 2.59.